The van der Waals surface area contributed by atoms with Crippen molar-refractivity contribution in [3.63, 3.8) is 0 Å². The van der Waals surface area contributed by atoms with E-state index < -0.39 is 16.0 Å². The second-order valence-electron chi connectivity index (χ2n) is 5.29. The monoisotopic (exact) mass is 326 g/mol. The van der Waals surface area contributed by atoms with Gasteiger partial charge in [-0.3, -0.25) is 9.88 Å². The zero-order chi connectivity index (χ0) is 16.2. The lowest BCUT2D eigenvalue weighted by atomic mass is 10.2. The van der Waals surface area contributed by atoms with Gasteiger partial charge in [0.05, 0.1) is 18.6 Å². The predicted molar refractivity (Wildman–Crippen MR) is 81.4 cm³/mol. The predicted octanol–water partition coefficient (Wildman–Crippen LogP) is 2.59. The number of halogens is 1. The number of furan rings is 1. The van der Waals surface area contributed by atoms with E-state index >= 15 is 0 Å². The van der Waals surface area contributed by atoms with Crippen molar-refractivity contribution in [1.82, 2.24) is 9.88 Å². The molecule has 0 aliphatic carbocycles. The summed E-state index contributed by atoms with van der Waals surface area (Å²) in [4.78, 5) is 6.04. The zero-order valence-electron chi connectivity index (χ0n) is 12.6. The second-order valence-corrected chi connectivity index (χ2v) is 6.77. The van der Waals surface area contributed by atoms with Gasteiger partial charge in [0, 0.05) is 25.0 Å². The number of hydrogen-bond acceptors (Lipinski definition) is 5. The van der Waals surface area contributed by atoms with Crippen LogP contribution in [0.25, 0.3) is 0 Å². The van der Waals surface area contributed by atoms with Gasteiger partial charge in [-0.2, -0.15) is 8.42 Å². The Morgan fingerprint density at radius 1 is 1.23 bits per heavy atom. The van der Waals surface area contributed by atoms with E-state index in [4.69, 9.17) is 4.42 Å². The summed E-state index contributed by atoms with van der Waals surface area (Å²) < 4.78 is 39.7. The molecule has 0 fully saturated rings. The van der Waals surface area contributed by atoms with Crippen LogP contribution < -0.4 is 0 Å². The van der Waals surface area contributed by atoms with Crippen LogP contribution in [0.4, 0.5) is 3.89 Å². The van der Waals surface area contributed by atoms with Crippen molar-refractivity contribution < 1.29 is 16.7 Å². The lowest BCUT2D eigenvalue weighted by Gasteiger charge is -2.20. The van der Waals surface area contributed by atoms with Crippen molar-refractivity contribution in [2.75, 3.05) is 12.3 Å². The fraction of sp³-hybridized carbons (Fsp3) is 0.400. The fourth-order valence-electron chi connectivity index (χ4n) is 2.07. The molecule has 0 aliphatic heterocycles. The highest BCUT2D eigenvalue weighted by atomic mass is 32.3. The average molecular weight is 326 g/mol. The molecule has 0 aliphatic rings. The van der Waals surface area contributed by atoms with Crippen molar-refractivity contribution >= 4 is 10.2 Å². The quantitative estimate of drug-likeness (QED) is 0.732. The largest absolute Gasteiger partial charge is 0.468 e. The van der Waals surface area contributed by atoms with Gasteiger partial charge in [-0.05, 0) is 37.1 Å². The van der Waals surface area contributed by atoms with E-state index in [-0.39, 0.29) is 6.54 Å². The van der Waals surface area contributed by atoms with Crippen molar-refractivity contribution in [1.29, 1.82) is 0 Å². The Bertz CT molecular complexity index is 711. The number of aromatic nitrogens is 1. The van der Waals surface area contributed by atoms with E-state index in [0.29, 0.717) is 13.1 Å². The van der Waals surface area contributed by atoms with Gasteiger partial charge in [0.25, 0.3) is 0 Å². The third-order valence-electron chi connectivity index (χ3n) is 3.37. The Morgan fingerprint density at radius 3 is 2.55 bits per heavy atom. The fourth-order valence-corrected chi connectivity index (χ4v) is 2.55. The number of aryl methyl sites for hydroxylation is 2. The van der Waals surface area contributed by atoms with E-state index in [1.165, 1.54) is 0 Å². The van der Waals surface area contributed by atoms with E-state index in [9.17, 15) is 12.3 Å². The molecule has 5 nitrogen and oxygen atoms in total. The molecule has 0 unspecified atom stereocenters. The van der Waals surface area contributed by atoms with Gasteiger partial charge in [0.2, 0.25) is 0 Å². The van der Waals surface area contributed by atoms with E-state index in [2.05, 4.69) is 4.98 Å². The summed E-state index contributed by atoms with van der Waals surface area (Å²) in [6.45, 7) is 4.79. The lowest BCUT2D eigenvalue weighted by molar-refractivity contribution is 0.247. The molecule has 0 saturated heterocycles. The first-order valence-electron chi connectivity index (χ1n) is 6.93. The first kappa shape index (κ1) is 16.6. The zero-order valence-corrected chi connectivity index (χ0v) is 13.4. The summed E-state index contributed by atoms with van der Waals surface area (Å²) in [5, 5.41) is 0. The molecule has 0 spiro atoms. The van der Waals surface area contributed by atoms with Crippen LogP contribution in [0.5, 0.6) is 0 Å². The first-order chi connectivity index (χ1) is 10.3. The molecule has 2 rings (SSSR count). The Morgan fingerprint density at radius 2 is 2.00 bits per heavy atom. The van der Waals surface area contributed by atoms with Gasteiger partial charge < -0.3 is 4.42 Å². The number of pyridine rings is 1. The van der Waals surface area contributed by atoms with Crippen LogP contribution in [0.1, 0.15) is 22.6 Å². The molecule has 0 radical (unpaired) electrons. The minimum atomic E-state index is -4.50. The molecule has 0 N–H and O–H groups in total. The van der Waals surface area contributed by atoms with Crippen LogP contribution in [0.3, 0.4) is 0 Å². The molecule has 2 aromatic rings. The molecule has 2 heterocycles. The standard InChI is InChI=1S/C15H19FN2O3S/c1-12-5-7-21-15(12)11-18(6-8-22(16,19)20)10-14-4-3-13(2)17-9-14/h3-5,7,9H,6,8,10-11H2,1-2H3. The molecular weight excluding hydrogens is 307 g/mol. The van der Waals surface area contributed by atoms with Crippen molar-refractivity contribution in [2.45, 2.75) is 26.9 Å². The Kier molecular flexibility index (Phi) is 5.31. The normalized spacial score (nSPS) is 12.0. The summed E-state index contributed by atoms with van der Waals surface area (Å²) in [7, 11) is -4.50. The number of hydrogen-bond donors (Lipinski definition) is 0. The minimum Gasteiger partial charge on any atom is -0.468 e. The van der Waals surface area contributed by atoms with Crippen LogP contribution in [-0.2, 0) is 23.3 Å². The molecule has 7 heteroatoms. The van der Waals surface area contributed by atoms with Crippen LogP contribution in [0.2, 0.25) is 0 Å². The second kappa shape index (κ2) is 7.02. The smallest absolute Gasteiger partial charge is 0.303 e. The maximum Gasteiger partial charge on any atom is 0.303 e. The molecule has 0 aromatic carbocycles. The topological polar surface area (TPSA) is 63.4 Å². The highest BCUT2D eigenvalue weighted by Crippen LogP contribution is 2.14. The number of nitrogens with zero attached hydrogens (tertiary/aromatic N) is 2. The van der Waals surface area contributed by atoms with Gasteiger partial charge in [-0.15, -0.1) is 3.89 Å². The third kappa shape index (κ3) is 5.23. The lowest BCUT2D eigenvalue weighted by Crippen LogP contribution is -2.28. The third-order valence-corrected chi connectivity index (χ3v) is 4.04. The van der Waals surface area contributed by atoms with Crippen molar-refractivity contribution in [2.24, 2.45) is 0 Å². The van der Waals surface area contributed by atoms with Gasteiger partial charge in [0.15, 0.2) is 0 Å². The SMILES string of the molecule is Cc1ccc(CN(CCS(=O)(=O)F)Cc2occc2C)cn1. The maximum absolute atomic E-state index is 12.8. The van der Waals surface area contributed by atoms with E-state index in [1.807, 2.05) is 36.9 Å². The Labute approximate surface area is 130 Å². The summed E-state index contributed by atoms with van der Waals surface area (Å²) in [5.74, 6) is 0.211. The molecule has 0 saturated carbocycles. The van der Waals surface area contributed by atoms with Gasteiger partial charge in [0.1, 0.15) is 5.76 Å². The summed E-state index contributed by atoms with van der Waals surface area (Å²) in [5.41, 5.74) is 2.82. The molecule has 120 valence electrons. The van der Waals surface area contributed by atoms with Gasteiger partial charge >= 0.3 is 10.2 Å². The maximum atomic E-state index is 12.8. The van der Waals surface area contributed by atoms with E-state index in [1.54, 1.807) is 12.5 Å². The van der Waals surface area contributed by atoms with Gasteiger partial charge in [-0.1, -0.05) is 6.07 Å². The highest BCUT2D eigenvalue weighted by Gasteiger charge is 2.15. The molecule has 0 atom stereocenters. The summed E-state index contributed by atoms with van der Waals surface area (Å²) in [6.07, 6.45) is 3.32. The molecule has 0 bridgehead atoms. The Balaban J connectivity index is 2.10. The minimum absolute atomic E-state index is 0.0901. The highest BCUT2D eigenvalue weighted by molar-refractivity contribution is 7.86. The van der Waals surface area contributed by atoms with Crippen LogP contribution >= 0.6 is 0 Å². The molecular formula is C15H19FN2O3S. The summed E-state index contributed by atoms with van der Waals surface area (Å²) >= 11 is 0. The molecule has 2 aromatic heterocycles. The summed E-state index contributed by atoms with van der Waals surface area (Å²) in [6, 6.07) is 5.65. The Hall–Kier alpha value is -1.73. The number of rotatable bonds is 7. The van der Waals surface area contributed by atoms with Gasteiger partial charge in [-0.25, -0.2) is 0 Å². The van der Waals surface area contributed by atoms with E-state index in [0.717, 1.165) is 22.6 Å². The van der Waals surface area contributed by atoms with Crippen molar-refractivity contribution in [3.8, 4) is 0 Å². The average Bonchev–Trinajstić information content (AvgIpc) is 2.83. The van der Waals surface area contributed by atoms with Crippen LogP contribution in [0.15, 0.2) is 35.1 Å². The van der Waals surface area contributed by atoms with Crippen molar-refractivity contribution in [3.05, 3.63) is 53.2 Å². The van der Waals surface area contributed by atoms with Crippen LogP contribution in [0, 0.1) is 13.8 Å². The van der Waals surface area contributed by atoms with Crippen LogP contribution in [-0.4, -0.2) is 30.6 Å². The molecule has 0 amide bonds. The molecule has 22 heavy (non-hydrogen) atoms. The first-order valence-corrected chi connectivity index (χ1v) is 8.48.